The van der Waals surface area contributed by atoms with Crippen molar-refractivity contribution in [3.8, 4) is 0 Å². The fourth-order valence-corrected chi connectivity index (χ4v) is 5.32. The number of carbonyl (C=O) groups is 4. The molecule has 1 fully saturated rings. The third-order valence-electron chi connectivity index (χ3n) is 6.28. The van der Waals surface area contributed by atoms with Crippen molar-refractivity contribution in [1.29, 1.82) is 0 Å². The van der Waals surface area contributed by atoms with E-state index >= 15 is 0 Å². The van der Waals surface area contributed by atoms with Crippen LogP contribution in [0.25, 0.3) is 6.08 Å². The lowest BCUT2D eigenvalue weighted by Gasteiger charge is -2.31. The summed E-state index contributed by atoms with van der Waals surface area (Å²) in [5, 5.41) is 15.9. The zero-order valence-electron chi connectivity index (χ0n) is 21.1. The molecule has 8 nitrogen and oxygen atoms in total. The number of carboxylic acids is 1. The van der Waals surface area contributed by atoms with Crippen LogP contribution in [-0.4, -0.2) is 65.6 Å². The van der Waals surface area contributed by atoms with E-state index in [2.05, 4.69) is 10.6 Å². The number of carbonyl (C=O) groups excluding carboxylic acids is 3. The third-order valence-corrected chi connectivity index (χ3v) is 8.32. The van der Waals surface area contributed by atoms with E-state index in [0.717, 1.165) is 10.5 Å². The third kappa shape index (κ3) is 8.89. The molecule has 3 rings (SSSR count). The number of halogens is 3. The molecule has 0 aromatic heterocycles. The Morgan fingerprint density at radius 1 is 1.05 bits per heavy atom. The molecule has 1 aliphatic heterocycles. The van der Waals surface area contributed by atoms with Crippen molar-refractivity contribution >= 4 is 76.3 Å². The summed E-state index contributed by atoms with van der Waals surface area (Å²) < 4.78 is 0. The normalized spacial score (nSPS) is 14.7. The lowest BCUT2D eigenvalue weighted by Crippen LogP contribution is -2.51. The van der Waals surface area contributed by atoms with Crippen molar-refractivity contribution in [2.45, 2.75) is 30.2 Å². The van der Waals surface area contributed by atoms with Crippen molar-refractivity contribution in [2.24, 2.45) is 5.92 Å². The van der Waals surface area contributed by atoms with E-state index in [-0.39, 0.29) is 24.8 Å². The van der Waals surface area contributed by atoms with Gasteiger partial charge in [0, 0.05) is 41.5 Å². The number of nitrogens with zero attached hydrogens (tertiary/aromatic N) is 1. The molecular formula is C27H28Cl3N3O5S. The predicted molar refractivity (Wildman–Crippen MR) is 154 cm³/mol. The number of hydrogen-bond donors (Lipinski definition) is 3. The van der Waals surface area contributed by atoms with Crippen LogP contribution in [0.2, 0.25) is 15.1 Å². The van der Waals surface area contributed by atoms with Gasteiger partial charge in [0.1, 0.15) is 6.04 Å². The largest absolute Gasteiger partial charge is 0.480 e. The lowest BCUT2D eigenvalue weighted by molar-refractivity contribution is -0.142. The van der Waals surface area contributed by atoms with Gasteiger partial charge in [0.15, 0.2) is 0 Å². The number of benzene rings is 2. The molecule has 3 N–H and O–H groups in total. The van der Waals surface area contributed by atoms with Gasteiger partial charge >= 0.3 is 5.97 Å². The first-order chi connectivity index (χ1) is 18.6. The van der Waals surface area contributed by atoms with Gasteiger partial charge in [-0.2, -0.15) is 0 Å². The Hall–Kier alpha value is -2.72. The van der Waals surface area contributed by atoms with Crippen LogP contribution in [0.15, 0.2) is 47.4 Å². The number of rotatable bonds is 10. The van der Waals surface area contributed by atoms with E-state index < -0.39 is 23.8 Å². The zero-order chi connectivity index (χ0) is 28.5. The zero-order valence-corrected chi connectivity index (χ0v) is 24.2. The second-order valence-electron chi connectivity index (χ2n) is 8.92. The summed E-state index contributed by atoms with van der Waals surface area (Å²) >= 11 is 19.9. The number of likely N-dealkylation sites (tertiary alicyclic amines) is 1. The van der Waals surface area contributed by atoms with E-state index in [0.29, 0.717) is 46.6 Å². The maximum Gasteiger partial charge on any atom is 0.328 e. The van der Waals surface area contributed by atoms with Crippen molar-refractivity contribution in [2.75, 3.05) is 25.9 Å². The number of amides is 3. The number of thioether (sulfide) groups is 1. The Labute approximate surface area is 246 Å². The van der Waals surface area contributed by atoms with Gasteiger partial charge in [-0.05, 0) is 54.5 Å². The van der Waals surface area contributed by atoms with Crippen LogP contribution >= 0.6 is 46.6 Å². The quantitative estimate of drug-likeness (QED) is 0.268. The standard InChI is InChI=1S/C27H28Cl3N3O5S/c1-39-21-8-4-17(24(29)25(21)30)5-9-23(35)33-12-10-18(11-13-33)26(36)32-20(27(37)38)15-31-22(34)14-16-2-6-19(28)7-3-16/h2-9,18,20H,10-15H2,1H3,(H,31,34)(H,32,36)(H,37,38)/t20-/m0/s1. The molecule has 2 aromatic rings. The number of piperidine rings is 1. The molecule has 1 aliphatic rings. The van der Waals surface area contributed by atoms with E-state index in [4.69, 9.17) is 34.8 Å². The van der Waals surface area contributed by atoms with Crippen LogP contribution in [0.3, 0.4) is 0 Å². The summed E-state index contributed by atoms with van der Waals surface area (Å²) in [6, 6.07) is 9.09. The first-order valence-electron chi connectivity index (χ1n) is 12.1. The maximum absolute atomic E-state index is 12.7. The average molecular weight is 613 g/mol. The molecule has 0 aliphatic carbocycles. The van der Waals surface area contributed by atoms with Crippen molar-refractivity contribution in [3.63, 3.8) is 0 Å². The topological polar surface area (TPSA) is 116 Å². The van der Waals surface area contributed by atoms with Gasteiger partial charge in [0.25, 0.3) is 0 Å². The van der Waals surface area contributed by atoms with Gasteiger partial charge in [-0.15, -0.1) is 11.8 Å². The van der Waals surface area contributed by atoms with E-state index in [9.17, 15) is 24.3 Å². The van der Waals surface area contributed by atoms with Gasteiger partial charge in [0.2, 0.25) is 17.7 Å². The first-order valence-corrected chi connectivity index (χ1v) is 14.5. The molecule has 1 saturated heterocycles. The molecule has 39 heavy (non-hydrogen) atoms. The summed E-state index contributed by atoms with van der Waals surface area (Å²) in [5.74, 6) is -2.72. The Balaban J connectivity index is 1.47. The van der Waals surface area contributed by atoms with Crippen LogP contribution in [0.1, 0.15) is 24.0 Å². The van der Waals surface area contributed by atoms with Crippen molar-refractivity contribution < 1.29 is 24.3 Å². The van der Waals surface area contributed by atoms with Crippen molar-refractivity contribution in [1.82, 2.24) is 15.5 Å². The highest BCUT2D eigenvalue weighted by atomic mass is 35.5. The highest BCUT2D eigenvalue weighted by molar-refractivity contribution is 7.98. The van der Waals surface area contributed by atoms with Gasteiger partial charge in [-0.1, -0.05) is 53.0 Å². The Morgan fingerprint density at radius 2 is 1.72 bits per heavy atom. The number of carboxylic acid groups (broad SMARTS) is 1. The molecule has 1 atom stereocenters. The average Bonchev–Trinajstić information content (AvgIpc) is 2.92. The minimum Gasteiger partial charge on any atom is -0.480 e. The number of hydrogen-bond acceptors (Lipinski definition) is 5. The fraction of sp³-hybridized carbons (Fsp3) is 0.333. The Kier molecular flexibility index (Phi) is 11.5. The summed E-state index contributed by atoms with van der Waals surface area (Å²) in [7, 11) is 0. The van der Waals surface area contributed by atoms with Crippen molar-refractivity contribution in [3.05, 3.63) is 68.7 Å². The molecule has 0 unspecified atom stereocenters. The smallest absolute Gasteiger partial charge is 0.328 e. The number of nitrogens with one attached hydrogen (secondary N) is 2. The first kappa shape index (κ1) is 30.8. The van der Waals surface area contributed by atoms with Crippen LogP contribution in [0.4, 0.5) is 0 Å². The minimum atomic E-state index is -1.27. The molecule has 208 valence electrons. The Bertz CT molecular complexity index is 1250. The lowest BCUT2D eigenvalue weighted by atomic mass is 9.95. The summed E-state index contributed by atoms with van der Waals surface area (Å²) in [4.78, 5) is 51.8. The molecule has 0 bridgehead atoms. The van der Waals surface area contributed by atoms with Gasteiger partial charge < -0.3 is 20.6 Å². The molecule has 1 heterocycles. The number of aliphatic carboxylic acids is 1. The molecule has 0 spiro atoms. The van der Waals surface area contributed by atoms with E-state index in [1.54, 1.807) is 41.3 Å². The van der Waals surface area contributed by atoms with Crippen LogP contribution in [0, 0.1) is 5.92 Å². The molecule has 0 radical (unpaired) electrons. The second kappa shape index (κ2) is 14.6. The predicted octanol–water partition coefficient (Wildman–Crippen LogP) is 4.55. The van der Waals surface area contributed by atoms with Gasteiger partial charge in [-0.3, -0.25) is 14.4 Å². The summed E-state index contributed by atoms with van der Waals surface area (Å²) in [6.07, 6.45) is 5.75. The highest BCUT2D eigenvalue weighted by Gasteiger charge is 2.30. The van der Waals surface area contributed by atoms with Gasteiger partial charge in [0.05, 0.1) is 16.5 Å². The molecule has 3 amide bonds. The van der Waals surface area contributed by atoms with Crippen LogP contribution in [-0.2, 0) is 25.6 Å². The molecule has 2 aromatic carbocycles. The molecular weight excluding hydrogens is 585 g/mol. The molecule has 12 heteroatoms. The highest BCUT2D eigenvalue weighted by Crippen LogP contribution is 2.35. The van der Waals surface area contributed by atoms with E-state index in [1.165, 1.54) is 17.8 Å². The van der Waals surface area contributed by atoms with E-state index in [1.807, 2.05) is 12.3 Å². The van der Waals surface area contributed by atoms with Crippen LogP contribution in [0.5, 0.6) is 0 Å². The summed E-state index contributed by atoms with van der Waals surface area (Å²) in [6.45, 7) is 0.438. The maximum atomic E-state index is 12.7. The Morgan fingerprint density at radius 3 is 2.33 bits per heavy atom. The fourth-order valence-electron chi connectivity index (χ4n) is 4.02. The summed E-state index contributed by atoms with van der Waals surface area (Å²) in [5.41, 5.74) is 1.35. The van der Waals surface area contributed by atoms with Crippen LogP contribution < -0.4 is 10.6 Å². The monoisotopic (exact) mass is 611 g/mol. The van der Waals surface area contributed by atoms with Gasteiger partial charge in [-0.25, -0.2) is 4.79 Å². The molecule has 0 saturated carbocycles. The second-order valence-corrected chi connectivity index (χ2v) is 11.0. The minimum absolute atomic E-state index is 0.0563. The SMILES string of the molecule is CSc1ccc(C=CC(=O)N2CCC(C(=O)N[C@@H](CNC(=O)Cc3ccc(Cl)cc3)C(=O)O)CC2)c(Cl)c1Cl.